The lowest BCUT2D eigenvalue weighted by atomic mass is 9.85. The van der Waals surface area contributed by atoms with Gasteiger partial charge in [0, 0.05) is 61.9 Å². The van der Waals surface area contributed by atoms with Gasteiger partial charge in [-0.25, -0.2) is 4.98 Å². The molecule has 3 aromatic heterocycles. The SMILES string of the molecule is Cc1ncsc1-c1ccc(CNC(=O)[C@@H]2C[C@@H](O)CN2C(=O)[C@@H](NC(=O)CCCCN2CCC(CN3CCC(Cn4cc(-c5cc(-c6ccccc6O)nnc5N)cn4)CC3)CC2)C(C)(C)C)cc1. The predicted octanol–water partition coefficient (Wildman–Crippen LogP) is 6.13. The first-order chi connectivity index (χ1) is 33.2. The number of phenols is 1. The Bertz CT molecular complexity index is 2520. The lowest BCUT2D eigenvalue weighted by Gasteiger charge is -2.37. The van der Waals surface area contributed by atoms with E-state index in [4.69, 9.17) is 5.73 Å². The summed E-state index contributed by atoms with van der Waals surface area (Å²) in [5.74, 6) is 0.859. The zero-order valence-electron chi connectivity index (χ0n) is 40.5. The first-order valence-corrected chi connectivity index (χ1v) is 25.5. The van der Waals surface area contributed by atoms with E-state index in [0.29, 0.717) is 41.9 Å². The number of carbonyl (C=O) groups excluding carboxylic acids is 3. The summed E-state index contributed by atoms with van der Waals surface area (Å²) in [5.41, 5.74) is 13.2. The van der Waals surface area contributed by atoms with Crippen LogP contribution in [0, 0.1) is 24.2 Å². The van der Waals surface area contributed by atoms with Crippen LogP contribution >= 0.6 is 11.3 Å². The molecule has 3 fully saturated rings. The van der Waals surface area contributed by atoms with Crippen LogP contribution in [0.1, 0.15) is 83.4 Å². The van der Waals surface area contributed by atoms with Crippen LogP contribution in [0.3, 0.4) is 0 Å². The van der Waals surface area contributed by atoms with E-state index in [1.165, 1.54) is 17.7 Å². The molecule has 16 nitrogen and oxygen atoms in total. The maximum absolute atomic E-state index is 14.1. The lowest BCUT2D eigenvalue weighted by molar-refractivity contribution is -0.144. The van der Waals surface area contributed by atoms with Crippen molar-refractivity contribution in [2.75, 3.05) is 51.5 Å². The smallest absolute Gasteiger partial charge is 0.246 e. The monoisotopic (exact) mass is 960 g/mol. The highest BCUT2D eigenvalue weighted by Crippen LogP contribution is 2.33. The van der Waals surface area contributed by atoms with Crippen LogP contribution in [0.15, 0.2) is 72.5 Å². The molecule has 0 radical (unpaired) electrons. The number of para-hydroxylation sites is 1. The molecule has 0 bridgehead atoms. The zero-order valence-corrected chi connectivity index (χ0v) is 41.3. The highest BCUT2D eigenvalue weighted by Gasteiger charge is 2.44. The van der Waals surface area contributed by atoms with Crippen molar-refractivity contribution >= 4 is 34.9 Å². The number of aryl methyl sites for hydroxylation is 1. The van der Waals surface area contributed by atoms with E-state index >= 15 is 0 Å². The Morgan fingerprint density at radius 1 is 0.899 bits per heavy atom. The topological polar surface area (TPSA) is 208 Å². The molecule has 3 amide bonds. The second-order valence-corrected chi connectivity index (χ2v) is 21.3. The van der Waals surface area contributed by atoms with Crippen LogP contribution in [0.25, 0.3) is 32.8 Å². The molecule has 5 aromatic rings. The minimum absolute atomic E-state index is 0.0426. The number of anilines is 1. The number of amides is 3. The lowest BCUT2D eigenvalue weighted by Crippen LogP contribution is -2.57. The maximum Gasteiger partial charge on any atom is 0.246 e. The summed E-state index contributed by atoms with van der Waals surface area (Å²) in [6, 6.07) is 15.2. The minimum atomic E-state index is -0.841. The van der Waals surface area contributed by atoms with Gasteiger partial charge in [0.05, 0.1) is 34.1 Å². The number of nitrogens with two attached hydrogens (primary N) is 1. The average Bonchev–Trinajstić information content (AvgIpc) is 4.10. The van der Waals surface area contributed by atoms with Crippen LogP contribution in [0.2, 0.25) is 0 Å². The Labute approximate surface area is 409 Å². The van der Waals surface area contributed by atoms with Crippen molar-refractivity contribution in [1.82, 2.24) is 50.3 Å². The van der Waals surface area contributed by atoms with Crippen molar-refractivity contribution in [3.8, 4) is 38.6 Å². The summed E-state index contributed by atoms with van der Waals surface area (Å²) in [4.78, 5) is 53.0. The van der Waals surface area contributed by atoms with E-state index in [1.807, 2.05) is 86.7 Å². The average molecular weight is 960 g/mol. The van der Waals surface area contributed by atoms with Gasteiger partial charge in [0.2, 0.25) is 17.7 Å². The van der Waals surface area contributed by atoms with Gasteiger partial charge >= 0.3 is 0 Å². The summed E-state index contributed by atoms with van der Waals surface area (Å²) >= 11 is 1.59. The maximum atomic E-state index is 14.1. The van der Waals surface area contributed by atoms with Crippen molar-refractivity contribution in [1.29, 1.82) is 0 Å². The third-order valence-corrected chi connectivity index (χ3v) is 15.1. The predicted molar refractivity (Wildman–Crippen MR) is 269 cm³/mol. The van der Waals surface area contributed by atoms with Crippen LogP contribution in [-0.4, -0.2) is 132 Å². The van der Waals surface area contributed by atoms with Crippen molar-refractivity contribution in [2.24, 2.45) is 17.3 Å². The fraction of sp³-hybridized carbons (Fsp3) is 0.519. The van der Waals surface area contributed by atoms with E-state index in [2.05, 4.69) is 40.7 Å². The molecule has 6 heterocycles. The van der Waals surface area contributed by atoms with Gasteiger partial charge < -0.3 is 41.3 Å². The molecule has 0 aliphatic carbocycles. The number of hydrogen-bond donors (Lipinski definition) is 5. The first kappa shape index (κ1) is 49.7. The normalized spacial score (nSPS) is 19.2. The van der Waals surface area contributed by atoms with E-state index in [1.54, 1.807) is 29.5 Å². The van der Waals surface area contributed by atoms with Gasteiger partial charge in [-0.1, -0.05) is 57.2 Å². The van der Waals surface area contributed by atoms with Gasteiger partial charge in [0.15, 0.2) is 5.82 Å². The number of aliphatic hydroxyl groups excluding tert-OH is 1. The molecular weight excluding hydrogens is 891 g/mol. The van der Waals surface area contributed by atoms with Gasteiger partial charge in [0.25, 0.3) is 0 Å². The van der Waals surface area contributed by atoms with Crippen LogP contribution in [0.5, 0.6) is 5.75 Å². The number of nitrogens with one attached hydrogen (secondary N) is 2. The van der Waals surface area contributed by atoms with Gasteiger partial charge in [-0.2, -0.15) is 5.10 Å². The fourth-order valence-corrected chi connectivity index (χ4v) is 10.9. The largest absolute Gasteiger partial charge is 0.507 e. The number of benzene rings is 2. The molecule has 17 heteroatoms. The number of carbonyl (C=O) groups is 3. The number of phenolic OH excluding ortho intramolecular Hbond substituents is 1. The number of nitrogen functional groups attached to an aromatic ring is 1. The number of unbranched alkanes of at least 4 members (excludes halogenated alkanes) is 1. The van der Waals surface area contributed by atoms with Crippen molar-refractivity contribution < 1.29 is 24.6 Å². The molecule has 368 valence electrons. The summed E-state index contributed by atoms with van der Waals surface area (Å²) in [6.45, 7) is 15.3. The molecule has 0 saturated carbocycles. The van der Waals surface area contributed by atoms with Crippen LogP contribution in [0.4, 0.5) is 5.82 Å². The number of β-amino-alcohol motifs (C(OH)–C–C–N with tert-alkyl or cyclic N) is 1. The molecule has 8 rings (SSSR count). The second kappa shape index (κ2) is 22.3. The summed E-state index contributed by atoms with van der Waals surface area (Å²) in [7, 11) is 0. The second-order valence-electron chi connectivity index (χ2n) is 20.4. The molecule has 3 aliphatic heterocycles. The highest BCUT2D eigenvalue weighted by atomic mass is 32.1. The Morgan fingerprint density at radius 2 is 1.61 bits per heavy atom. The van der Waals surface area contributed by atoms with E-state index in [9.17, 15) is 24.6 Å². The molecule has 3 atom stereocenters. The minimum Gasteiger partial charge on any atom is -0.507 e. The van der Waals surface area contributed by atoms with E-state index < -0.39 is 23.6 Å². The Kier molecular flexibility index (Phi) is 16.1. The third kappa shape index (κ3) is 12.7. The fourth-order valence-electron chi connectivity index (χ4n) is 10.1. The Balaban J connectivity index is 0.718. The van der Waals surface area contributed by atoms with Gasteiger partial charge in [-0.05, 0) is 125 Å². The number of likely N-dealkylation sites (tertiary alicyclic amines) is 3. The first-order valence-electron chi connectivity index (χ1n) is 24.6. The molecule has 0 unspecified atom stereocenters. The van der Waals surface area contributed by atoms with Crippen LogP contribution in [-0.2, 0) is 27.5 Å². The standard InChI is InChI=1S/C52H69N11O5S/c1-34-47(69-33-55-34)38-14-12-35(13-15-38)27-54-50(67)44-25-40(64)32-63(44)51(68)48(52(2,3)4)57-46(66)11-7-8-20-60-21-16-36(17-22-60)29-61-23-18-37(19-24-61)30-62-31-39(28-56-62)42-26-43(58-59-49(42)53)41-9-5-6-10-45(41)65/h5-6,9-10,12-15,26,28,31,33,36-37,40,44,48,64-65H,7-8,11,16-25,27,29-30,32H2,1-4H3,(H2,53,59)(H,54,67)(H,57,66)/t40-,44+,48-/m1/s1. The Hall–Kier alpha value is -5.75. The summed E-state index contributed by atoms with van der Waals surface area (Å²) in [5, 5.41) is 40.0. The highest BCUT2D eigenvalue weighted by molar-refractivity contribution is 7.13. The third-order valence-electron chi connectivity index (χ3n) is 14.2. The number of piperidine rings is 2. The summed E-state index contributed by atoms with van der Waals surface area (Å²) in [6.07, 6.45) is 9.73. The quantitative estimate of drug-likeness (QED) is 0.0668. The Morgan fingerprint density at radius 3 is 2.30 bits per heavy atom. The summed E-state index contributed by atoms with van der Waals surface area (Å²) < 4.78 is 2.01. The van der Waals surface area contributed by atoms with E-state index in [0.717, 1.165) is 104 Å². The van der Waals surface area contributed by atoms with E-state index in [-0.39, 0.29) is 36.4 Å². The number of aromatic nitrogens is 5. The molecule has 2 aromatic carbocycles. The zero-order chi connectivity index (χ0) is 48.7. The molecule has 0 spiro atoms. The number of hydrogen-bond acceptors (Lipinski definition) is 13. The van der Waals surface area contributed by atoms with Crippen LogP contribution < -0.4 is 16.4 Å². The van der Waals surface area contributed by atoms with Gasteiger partial charge in [0.1, 0.15) is 17.8 Å². The van der Waals surface area contributed by atoms with Crippen molar-refractivity contribution in [2.45, 2.75) is 110 Å². The number of thiazole rings is 1. The molecular formula is C52H69N11O5S. The van der Waals surface area contributed by atoms with Gasteiger partial charge in [-0.3, -0.25) is 19.1 Å². The molecule has 69 heavy (non-hydrogen) atoms. The number of rotatable bonds is 17. The molecule has 3 saturated heterocycles. The number of aromatic hydroxyl groups is 1. The van der Waals surface area contributed by atoms with Gasteiger partial charge in [-0.15, -0.1) is 21.5 Å². The number of aliphatic hydroxyl groups is 1. The molecule has 3 aliphatic rings. The number of nitrogens with zero attached hydrogens (tertiary/aromatic N) is 8. The molecule has 6 N–H and O–H groups in total. The van der Waals surface area contributed by atoms with Crippen molar-refractivity contribution in [3.63, 3.8) is 0 Å². The van der Waals surface area contributed by atoms with Crippen molar-refractivity contribution in [3.05, 3.63) is 83.8 Å².